The zero-order valence-electron chi connectivity index (χ0n) is 25.2. The van der Waals surface area contributed by atoms with E-state index in [1.807, 2.05) is 23.1 Å². The van der Waals surface area contributed by atoms with E-state index < -0.39 is 11.4 Å². The lowest BCUT2D eigenvalue weighted by atomic mass is 9.97. The SMILES string of the molecule is COC[C@H]1N(c2nccc(-c3cccc(C)c3OCc3cc(C)c4c(c3)CN(C3CCOCC3)C4)n2)CC2C[C@@]21C(=O)O. The van der Waals surface area contributed by atoms with Crippen molar-refractivity contribution >= 4 is 11.9 Å². The Hall–Kier alpha value is -3.53. The molecule has 2 aromatic carbocycles. The van der Waals surface area contributed by atoms with Crippen LogP contribution < -0.4 is 9.64 Å². The van der Waals surface area contributed by atoms with Gasteiger partial charge in [0.25, 0.3) is 0 Å². The Kier molecular flexibility index (Phi) is 7.35. The van der Waals surface area contributed by atoms with Crippen LogP contribution in [-0.2, 0) is 34.0 Å². The number of anilines is 1. The predicted molar refractivity (Wildman–Crippen MR) is 162 cm³/mol. The molecule has 4 heterocycles. The number of hydrogen-bond donors (Lipinski definition) is 1. The summed E-state index contributed by atoms with van der Waals surface area (Å²) in [5, 5.41) is 10.0. The van der Waals surface area contributed by atoms with Crippen molar-refractivity contribution in [3.63, 3.8) is 0 Å². The maximum atomic E-state index is 12.2. The molecule has 0 amide bonds. The minimum atomic E-state index is -0.775. The standard InChI is InChI=1S/C34H40N4O5/c1-21-5-4-6-27(29-7-10-35-33(36-29)38-17-25-15-34(25,32(39)40)30(38)20-41-3)31(21)43-19-23-13-22(2)28-18-37(16-24(28)14-23)26-8-11-42-12-9-26/h4-7,10,13-14,25-26,30H,8-9,11-12,15-20H2,1-3H3,(H,39,40)/t25?,30-,34-/m1/s1. The third kappa shape index (κ3) is 4.97. The van der Waals surface area contributed by atoms with Gasteiger partial charge in [0.1, 0.15) is 12.4 Å². The second-order valence-corrected chi connectivity index (χ2v) is 12.7. The summed E-state index contributed by atoms with van der Waals surface area (Å²) in [7, 11) is 1.61. The number of aromatic nitrogens is 2. The minimum Gasteiger partial charge on any atom is -0.488 e. The van der Waals surface area contributed by atoms with E-state index in [0.29, 0.717) is 38.2 Å². The second kappa shape index (κ2) is 11.2. The Labute approximate surface area is 252 Å². The molecule has 226 valence electrons. The monoisotopic (exact) mass is 584 g/mol. The number of rotatable bonds is 9. The van der Waals surface area contributed by atoms with Gasteiger partial charge in [-0.05, 0) is 79.0 Å². The number of aryl methyl sites for hydroxylation is 2. The van der Waals surface area contributed by atoms with Crippen LogP contribution in [0.25, 0.3) is 11.3 Å². The molecule has 3 fully saturated rings. The zero-order chi connectivity index (χ0) is 29.7. The maximum absolute atomic E-state index is 12.2. The highest BCUT2D eigenvalue weighted by Crippen LogP contribution is 2.62. The van der Waals surface area contributed by atoms with Gasteiger partial charge in [-0.15, -0.1) is 0 Å². The summed E-state index contributed by atoms with van der Waals surface area (Å²) in [6.07, 6.45) is 4.64. The van der Waals surface area contributed by atoms with E-state index in [4.69, 9.17) is 19.2 Å². The molecule has 7 rings (SSSR count). The molecule has 3 aliphatic heterocycles. The summed E-state index contributed by atoms with van der Waals surface area (Å²) in [5.74, 6) is 0.664. The molecule has 3 atom stereocenters. The van der Waals surface area contributed by atoms with E-state index in [1.54, 1.807) is 13.3 Å². The van der Waals surface area contributed by atoms with E-state index in [9.17, 15) is 9.90 Å². The van der Waals surface area contributed by atoms with Crippen molar-refractivity contribution in [2.75, 3.05) is 38.4 Å². The van der Waals surface area contributed by atoms with Crippen LogP contribution in [0.1, 0.15) is 47.1 Å². The van der Waals surface area contributed by atoms with Gasteiger partial charge >= 0.3 is 5.97 Å². The lowest BCUT2D eigenvalue weighted by Crippen LogP contribution is -2.44. The average molecular weight is 585 g/mol. The Morgan fingerprint density at radius 1 is 1.14 bits per heavy atom. The molecule has 4 aliphatic rings. The Balaban J connectivity index is 1.11. The van der Waals surface area contributed by atoms with Gasteiger partial charge in [0.05, 0.1) is 23.8 Å². The van der Waals surface area contributed by atoms with Crippen LogP contribution in [0, 0.1) is 25.2 Å². The fraction of sp³-hybridized carbons (Fsp3) is 0.500. The molecule has 2 saturated heterocycles. The summed E-state index contributed by atoms with van der Waals surface area (Å²) in [6, 6.07) is 12.9. The minimum absolute atomic E-state index is 0.0924. The van der Waals surface area contributed by atoms with Crippen LogP contribution in [0.15, 0.2) is 42.6 Å². The summed E-state index contributed by atoms with van der Waals surface area (Å²) < 4.78 is 17.6. The molecule has 1 aliphatic carbocycles. The number of carboxylic acids is 1. The van der Waals surface area contributed by atoms with E-state index >= 15 is 0 Å². The second-order valence-electron chi connectivity index (χ2n) is 12.7. The molecule has 9 nitrogen and oxygen atoms in total. The first-order valence-electron chi connectivity index (χ1n) is 15.4. The summed E-state index contributed by atoms with van der Waals surface area (Å²) in [5.41, 5.74) is 7.26. The molecule has 43 heavy (non-hydrogen) atoms. The average Bonchev–Trinajstić information content (AvgIpc) is 3.43. The van der Waals surface area contributed by atoms with Crippen molar-refractivity contribution in [1.82, 2.24) is 14.9 Å². The largest absolute Gasteiger partial charge is 0.488 e. The normalized spacial score (nSPS) is 25.0. The van der Waals surface area contributed by atoms with Gasteiger partial charge in [-0.2, -0.15) is 0 Å². The van der Waals surface area contributed by atoms with Crippen molar-refractivity contribution in [3.8, 4) is 17.0 Å². The number of benzene rings is 2. The molecule has 1 aromatic heterocycles. The molecular formula is C34H40N4O5. The Bertz CT molecular complexity index is 1540. The number of methoxy groups -OCH3 is 1. The number of piperidine rings is 1. The van der Waals surface area contributed by atoms with Crippen molar-refractivity contribution in [2.45, 2.75) is 64.9 Å². The van der Waals surface area contributed by atoms with Gasteiger partial charge in [-0.25, -0.2) is 9.97 Å². The van der Waals surface area contributed by atoms with Crippen LogP contribution in [0.4, 0.5) is 5.95 Å². The summed E-state index contributed by atoms with van der Waals surface area (Å²) >= 11 is 0. The molecule has 0 spiro atoms. The molecule has 9 heteroatoms. The number of nitrogens with zero attached hydrogens (tertiary/aromatic N) is 4. The topological polar surface area (TPSA) is 97.3 Å². The summed E-state index contributed by atoms with van der Waals surface area (Å²) in [4.78, 5) is 26.3. The maximum Gasteiger partial charge on any atom is 0.312 e. The van der Waals surface area contributed by atoms with Crippen LogP contribution in [0.2, 0.25) is 0 Å². The molecule has 1 N–H and O–H groups in total. The van der Waals surface area contributed by atoms with E-state index in [-0.39, 0.29) is 12.0 Å². The first-order valence-corrected chi connectivity index (χ1v) is 15.4. The van der Waals surface area contributed by atoms with Crippen LogP contribution >= 0.6 is 0 Å². The van der Waals surface area contributed by atoms with E-state index in [2.05, 4.69) is 41.9 Å². The number of para-hydroxylation sites is 1. The lowest BCUT2D eigenvalue weighted by molar-refractivity contribution is -0.144. The van der Waals surface area contributed by atoms with Crippen molar-refractivity contribution in [2.24, 2.45) is 11.3 Å². The first kappa shape index (κ1) is 28.3. The smallest absolute Gasteiger partial charge is 0.312 e. The number of carboxylic acid groups (broad SMARTS) is 1. The molecule has 0 bridgehead atoms. The van der Waals surface area contributed by atoms with Gasteiger partial charge in [0, 0.05) is 57.8 Å². The zero-order valence-corrected chi connectivity index (χ0v) is 25.2. The fourth-order valence-electron chi connectivity index (χ4n) is 7.70. The third-order valence-electron chi connectivity index (χ3n) is 10.1. The predicted octanol–water partition coefficient (Wildman–Crippen LogP) is 4.76. The van der Waals surface area contributed by atoms with Crippen LogP contribution in [0.5, 0.6) is 5.75 Å². The molecule has 1 saturated carbocycles. The van der Waals surface area contributed by atoms with Crippen LogP contribution in [0.3, 0.4) is 0 Å². The summed E-state index contributed by atoms with van der Waals surface area (Å²) in [6.45, 7) is 9.39. The lowest BCUT2D eigenvalue weighted by Gasteiger charge is -2.30. The van der Waals surface area contributed by atoms with Gasteiger partial charge < -0.3 is 24.2 Å². The fourth-order valence-corrected chi connectivity index (χ4v) is 7.70. The number of fused-ring (bicyclic) bond motifs is 2. The molecule has 1 unspecified atom stereocenters. The number of carbonyl (C=O) groups is 1. The molecule has 3 aromatic rings. The number of aliphatic carboxylic acids is 1. The van der Waals surface area contributed by atoms with Gasteiger partial charge in [0.2, 0.25) is 5.95 Å². The number of hydrogen-bond acceptors (Lipinski definition) is 8. The van der Waals surface area contributed by atoms with Crippen molar-refractivity contribution < 1.29 is 24.1 Å². The third-order valence-corrected chi connectivity index (χ3v) is 10.1. The van der Waals surface area contributed by atoms with Gasteiger partial charge in [-0.3, -0.25) is 9.69 Å². The van der Waals surface area contributed by atoms with Crippen molar-refractivity contribution in [1.29, 1.82) is 0 Å². The highest BCUT2D eigenvalue weighted by molar-refractivity contribution is 5.82. The van der Waals surface area contributed by atoms with Gasteiger partial charge in [0.15, 0.2) is 0 Å². The van der Waals surface area contributed by atoms with E-state index in [1.165, 1.54) is 22.3 Å². The van der Waals surface area contributed by atoms with Gasteiger partial charge in [-0.1, -0.05) is 24.3 Å². The highest BCUT2D eigenvalue weighted by atomic mass is 16.5. The molecular weight excluding hydrogens is 544 g/mol. The first-order chi connectivity index (χ1) is 20.9. The van der Waals surface area contributed by atoms with E-state index in [0.717, 1.165) is 61.7 Å². The van der Waals surface area contributed by atoms with Crippen molar-refractivity contribution in [3.05, 3.63) is 70.4 Å². The Morgan fingerprint density at radius 3 is 2.77 bits per heavy atom. The highest BCUT2D eigenvalue weighted by Gasteiger charge is 2.71. The molecule has 0 radical (unpaired) electrons. The Morgan fingerprint density at radius 2 is 1.98 bits per heavy atom. The quantitative estimate of drug-likeness (QED) is 0.382. The van der Waals surface area contributed by atoms with Crippen LogP contribution in [-0.4, -0.2) is 71.5 Å². The number of ether oxygens (including phenoxy) is 3.